The Morgan fingerprint density at radius 2 is 2.28 bits per heavy atom. The van der Waals surface area contributed by atoms with Crippen LogP contribution in [0.5, 0.6) is 0 Å². The molecular weight excluding hydrogens is 252 g/mol. The summed E-state index contributed by atoms with van der Waals surface area (Å²) < 4.78 is 16.6. The molecule has 1 aliphatic carbocycles. The number of hydrogen-bond donors (Lipinski definition) is 0. The molecule has 0 radical (unpaired) electrons. The minimum absolute atomic E-state index is 0.245. The second-order valence-corrected chi connectivity index (χ2v) is 5.61. The molecule has 1 spiro atoms. The van der Waals surface area contributed by atoms with Crippen molar-refractivity contribution in [2.45, 2.75) is 32.0 Å². The van der Waals surface area contributed by atoms with Crippen LogP contribution in [-0.2, 0) is 26.4 Å². The van der Waals surface area contributed by atoms with Crippen LogP contribution >= 0.6 is 11.3 Å². The molecule has 0 amide bonds. The summed E-state index contributed by atoms with van der Waals surface area (Å²) >= 11 is 1.51. The maximum absolute atomic E-state index is 11.8. The van der Waals surface area contributed by atoms with E-state index in [1.54, 1.807) is 0 Å². The topological polar surface area (TPSA) is 44.8 Å². The Bertz CT molecular complexity index is 460. The van der Waals surface area contributed by atoms with E-state index in [4.69, 9.17) is 14.2 Å². The van der Waals surface area contributed by atoms with Crippen molar-refractivity contribution in [2.24, 2.45) is 0 Å². The summed E-state index contributed by atoms with van der Waals surface area (Å²) in [5.74, 6) is -0.834. The zero-order chi connectivity index (χ0) is 12.6. The zero-order valence-electron chi connectivity index (χ0n) is 10.4. The fraction of sp³-hybridized carbons (Fsp3) is 0.615. The van der Waals surface area contributed by atoms with Crippen molar-refractivity contribution in [3.8, 4) is 0 Å². The average Bonchev–Trinajstić information content (AvgIpc) is 2.97. The van der Waals surface area contributed by atoms with E-state index in [1.807, 2.05) is 13.0 Å². The van der Waals surface area contributed by atoms with E-state index < -0.39 is 5.79 Å². The molecule has 0 bridgehead atoms. The van der Waals surface area contributed by atoms with E-state index in [1.165, 1.54) is 16.2 Å². The van der Waals surface area contributed by atoms with E-state index in [9.17, 15) is 4.79 Å². The summed E-state index contributed by atoms with van der Waals surface area (Å²) in [6.07, 6.45) is 2.91. The quantitative estimate of drug-likeness (QED) is 0.773. The number of carbonyl (C=O) groups excluding carboxylic acids is 1. The molecule has 3 rings (SSSR count). The first kappa shape index (κ1) is 12.1. The zero-order valence-corrected chi connectivity index (χ0v) is 11.2. The molecule has 1 aliphatic heterocycles. The van der Waals surface area contributed by atoms with Crippen molar-refractivity contribution >= 4 is 17.3 Å². The SMILES string of the molecule is CCOC(=O)c1cc2c(s1)CCCC21OCCO1. The summed E-state index contributed by atoms with van der Waals surface area (Å²) in [6.45, 7) is 3.48. The molecule has 0 atom stereocenters. The van der Waals surface area contributed by atoms with Crippen LogP contribution in [0.3, 0.4) is 0 Å². The van der Waals surface area contributed by atoms with Gasteiger partial charge < -0.3 is 14.2 Å². The Morgan fingerprint density at radius 3 is 3.00 bits per heavy atom. The van der Waals surface area contributed by atoms with Gasteiger partial charge in [-0.3, -0.25) is 0 Å². The molecule has 0 saturated carbocycles. The lowest BCUT2D eigenvalue weighted by atomic mass is 9.92. The molecule has 18 heavy (non-hydrogen) atoms. The lowest BCUT2D eigenvalue weighted by molar-refractivity contribution is -0.175. The highest BCUT2D eigenvalue weighted by molar-refractivity contribution is 7.14. The van der Waals surface area contributed by atoms with Crippen molar-refractivity contribution in [3.63, 3.8) is 0 Å². The van der Waals surface area contributed by atoms with Crippen LogP contribution in [0, 0.1) is 0 Å². The van der Waals surface area contributed by atoms with Gasteiger partial charge in [0.2, 0.25) is 0 Å². The first-order chi connectivity index (χ1) is 8.75. The van der Waals surface area contributed by atoms with Gasteiger partial charge in [-0.1, -0.05) is 0 Å². The standard InChI is InChI=1S/C13H16O4S/c1-2-15-12(14)11-8-9-10(18-11)4-3-5-13(9)16-6-7-17-13/h8H,2-7H2,1H3. The predicted molar refractivity (Wildman–Crippen MR) is 66.8 cm³/mol. The maximum Gasteiger partial charge on any atom is 0.348 e. The normalized spacial score (nSPS) is 20.9. The minimum atomic E-state index is -0.588. The number of carbonyl (C=O) groups is 1. The first-order valence-electron chi connectivity index (χ1n) is 6.33. The fourth-order valence-electron chi connectivity index (χ4n) is 2.61. The van der Waals surface area contributed by atoms with Crippen molar-refractivity contribution < 1.29 is 19.0 Å². The molecule has 0 N–H and O–H groups in total. The van der Waals surface area contributed by atoms with Gasteiger partial charge in [0.15, 0.2) is 5.79 Å². The van der Waals surface area contributed by atoms with Gasteiger partial charge >= 0.3 is 5.97 Å². The monoisotopic (exact) mass is 268 g/mol. The summed E-state index contributed by atoms with van der Waals surface area (Å²) in [7, 11) is 0. The smallest absolute Gasteiger partial charge is 0.348 e. The summed E-state index contributed by atoms with van der Waals surface area (Å²) in [4.78, 5) is 13.6. The third-order valence-corrected chi connectivity index (χ3v) is 4.53. The van der Waals surface area contributed by atoms with Gasteiger partial charge in [-0.25, -0.2) is 4.79 Å². The van der Waals surface area contributed by atoms with Gasteiger partial charge in [0.05, 0.1) is 19.8 Å². The van der Waals surface area contributed by atoms with Crippen LogP contribution in [0.1, 0.15) is 39.9 Å². The van der Waals surface area contributed by atoms with E-state index in [0.29, 0.717) is 24.7 Å². The van der Waals surface area contributed by atoms with E-state index in [-0.39, 0.29) is 5.97 Å². The van der Waals surface area contributed by atoms with Crippen molar-refractivity contribution in [1.82, 2.24) is 0 Å². The predicted octanol–water partition coefficient (Wildman–Crippen LogP) is 2.46. The second kappa shape index (κ2) is 4.64. The number of hydrogen-bond acceptors (Lipinski definition) is 5. The molecule has 0 aromatic carbocycles. The van der Waals surface area contributed by atoms with Crippen LogP contribution in [0.15, 0.2) is 6.07 Å². The number of esters is 1. The van der Waals surface area contributed by atoms with Crippen LogP contribution in [-0.4, -0.2) is 25.8 Å². The molecule has 0 unspecified atom stereocenters. The second-order valence-electron chi connectivity index (χ2n) is 4.47. The molecule has 1 aromatic heterocycles. The number of rotatable bonds is 2. The fourth-order valence-corrected chi connectivity index (χ4v) is 3.77. The Morgan fingerprint density at radius 1 is 1.50 bits per heavy atom. The van der Waals surface area contributed by atoms with Crippen LogP contribution in [0.25, 0.3) is 0 Å². The van der Waals surface area contributed by atoms with Crippen molar-refractivity contribution in [1.29, 1.82) is 0 Å². The highest BCUT2D eigenvalue weighted by Crippen LogP contribution is 2.45. The van der Waals surface area contributed by atoms with E-state index in [2.05, 4.69) is 0 Å². The summed E-state index contributed by atoms with van der Waals surface area (Å²) in [5.41, 5.74) is 1.04. The average molecular weight is 268 g/mol. The highest BCUT2D eigenvalue weighted by atomic mass is 32.1. The van der Waals surface area contributed by atoms with Gasteiger partial charge in [0.25, 0.3) is 0 Å². The Hall–Kier alpha value is -0.910. The van der Waals surface area contributed by atoms with Crippen LogP contribution in [0.4, 0.5) is 0 Å². The van der Waals surface area contributed by atoms with Crippen molar-refractivity contribution in [2.75, 3.05) is 19.8 Å². The van der Waals surface area contributed by atoms with Gasteiger partial charge in [-0.15, -0.1) is 11.3 Å². The number of aryl methyl sites for hydroxylation is 1. The van der Waals surface area contributed by atoms with Gasteiger partial charge in [-0.2, -0.15) is 0 Å². The van der Waals surface area contributed by atoms with Gasteiger partial charge in [-0.05, 0) is 25.8 Å². The maximum atomic E-state index is 11.8. The molecule has 2 heterocycles. The minimum Gasteiger partial charge on any atom is -0.462 e. The number of ether oxygens (including phenoxy) is 3. The third kappa shape index (κ3) is 1.86. The van der Waals surface area contributed by atoms with Gasteiger partial charge in [0, 0.05) is 16.9 Å². The third-order valence-electron chi connectivity index (χ3n) is 3.36. The molecule has 4 nitrogen and oxygen atoms in total. The van der Waals surface area contributed by atoms with E-state index in [0.717, 1.165) is 24.8 Å². The number of fused-ring (bicyclic) bond motifs is 2. The summed E-state index contributed by atoms with van der Waals surface area (Å²) in [5, 5.41) is 0. The Balaban J connectivity index is 1.95. The Kier molecular flexibility index (Phi) is 3.13. The highest BCUT2D eigenvalue weighted by Gasteiger charge is 2.43. The number of thiophene rings is 1. The largest absolute Gasteiger partial charge is 0.462 e. The lowest BCUT2D eigenvalue weighted by Gasteiger charge is -2.31. The molecular formula is C13H16O4S. The van der Waals surface area contributed by atoms with Gasteiger partial charge in [0.1, 0.15) is 4.88 Å². The van der Waals surface area contributed by atoms with Crippen LogP contribution in [0.2, 0.25) is 0 Å². The molecule has 1 saturated heterocycles. The first-order valence-corrected chi connectivity index (χ1v) is 7.15. The Labute approximate surface area is 110 Å². The summed E-state index contributed by atoms with van der Waals surface area (Å²) in [6, 6.07) is 1.89. The van der Waals surface area contributed by atoms with E-state index >= 15 is 0 Å². The van der Waals surface area contributed by atoms with Crippen molar-refractivity contribution in [3.05, 3.63) is 21.4 Å². The molecule has 2 aliphatic rings. The van der Waals surface area contributed by atoms with Crippen LogP contribution < -0.4 is 0 Å². The molecule has 98 valence electrons. The molecule has 5 heteroatoms. The molecule has 1 aromatic rings. The lowest BCUT2D eigenvalue weighted by Crippen LogP contribution is -2.30. The molecule has 1 fully saturated rings.